The van der Waals surface area contributed by atoms with Crippen molar-refractivity contribution < 1.29 is 19.0 Å². The first kappa shape index (κ1) is 22.9. The zero-order valence-corrected chi connectivity index (χ0v) is 19.4. The predicted molar refractivity (Wildman–Crippen MR) is 129 cm³/mol. The fourth-order valence-corrected chi connectivity index (χ4v) is 3.54. The number of aromatic nitrogens is 2. The first-order valence-electron chi connectivity index (χ1n) is 10.9. The molecule has 0 aliphatic rings. The van der Waals surface area contributed by atoms with Gasteiger partial charge in [0.25, 0.3) is 5.91 Å². The van der Waals surface area contributed by atoms with Crippen molar-refractivity contribution in [3.8, 4) is 23.0 Å². The second-order valence-corrected chi connectivity index (χ2v) is 7.81. The van der Waals surface area contributed by atoms with Gasteiger partial charge in [0.05, 0.1) is 7.11 Å². The van der Waals surface area contributed by atoms with E-state index in [-0.39, 0.29) is 12.5 Å². The van der Waals surface area contributed by atoms with Gasteiger partial charge < -0.3 is 24.1 Å². The minimum absolute atomic E-state index is 0.145. The molecule has 34 heavy (non-hydrogen) atoms. The van der Waals surface area contributed by atoms with E-state index < -0.39 is 6.04 Å². The van der Waals surface area contributed by atoms with Crippen molar-refractivity contribution in [3.05, 3.63) is 102 Å². The van der Waals surface area contributed by atoms with Crippen LogP contribution in [0.3, 0.4) is 0 Å². The lowest BCUT2D eigenvalue weighted by Gasteiger charge is -2.21. The zero-order chi connectivity index (χ0) is 23.9. The van der Waals surface area contributed by atoms with Crippen LogP contribution in [-0.2, 0) is 11.8 Å². The third kappa shape index (κ3) is 5.56. The van der Waals surface area contributed by atoms with Gasteiger partial charge in [-0.2, -0.15) is 0 Å². The summed E-state index contributed by atoms with van der Waals surface area (Å²) in [7, 11) is 3.49. The van der Waals surface area contributed by atoms with Crippen LogP contribution >= 0.6 is 0 Å². The van der Waals surface area contributed by atoms with E-state index in [1.165, 1.54) is 5.56 Å². The molecule has 0 saturated heterocycles. The van der Waals surface area contributed by atoms with Crippen LogP contribution in [0.4, 0.5) is 0 Å². The maximum absolute atomic E-state index is 12.8. The van der Waals surface area contributed by atoms with Crippen LogP contribution in [0.5, 0.6) is 23.0 Å². The second kappa shape index (κ2) is 10.6. The molecule has 1 amide bonds. The monoisotopic (exact) mass is 457 g/mol. The molecule has 0 bridgehead atoms. The fourth-order valence-electron chi connectivity index (χ4n) is 3.54. The number of nitrogens with zero attached hydrogens (tertiary/aromatic N) is 2. The molecule has 3 aromatic carbocycles. The molecule has 0 fully saturated rings. The highest BCUT2D eigenvalue weighted by Gasteiger charge is 2.24. The predicted octanol–water partition coefficient (Wildman–Crippen LogP) is 4.81. The first-order chi connectivity index (χ1) is 16.5. The number of hydrogen-bond acceptors (Lipinski definition) is 5. The Kier molecular flexibility index (Phi) is 7.13. The summed E-state index contributed by atoms with van der Waals surface area (Å²) in [6.45, 7) is 1.88. The largest absolute Gasteiger partial charge is 0.496 e. The average molecular weight is 458 g/mol. The Morgan fingerprint density at radius 3 is 2.26 bits per heavy atom. The summed E-state index contributed by atoms with van der Waals surface area (Å²) in [6.07, 6.45) is 3.53. The van der Waals surface area contributed by atoms with E-state index in [9.17, 15) is 4.79 Å². The smallest absolute Gasteiger partial charge is 0.258 e. The van der Waals surface area contributed by atoms with Crippen LogP contribution in [0.1, 0.15) is 23.0 Å². The van der Waals surface area contributed by atoms with Gasteiger partial charge in [-0.15, -0.1) is 0 Å². The number of aryl methyl sites for hydroxylation is 2. The number of ether oxygens (including phenoxy) is 3. The van der Waals surface area contributed by atoms with Gasteiger partial charge in [-0.25, -0.2) is 4.98 Å². The number of hydrogen-bond donors (Lipinski definition) is 1. The third-order valence-corrected chi connectivity index (χ3v) is 5.32. The van der Waals surface area contributed by atoms with Gasteiger partial charge in [-0.3, -0.25) is 4.79 Å². The number of imidazole rings is 1. The van der Waals surface area contributed by atoms with Gasteiger partial charge in [0.15, 0.2) is 6.61 Å². The van der Waals surface area contributed by atoms with E-state index in [1.807, 2.05) is 73.3 Å². The lowest BCUT2D eigenvalue weighted by atomic mass is 10.0. The molecule has 7 nitrogen and oxygen atoms in total. The Morgan fingerprint density at radius 1 is 0.971 bits per heavy atom. The summed E-state index contributed by atoms with van der Waals surface area (Å²) >= 11 is 0. The number of carbonyl (C=O) groups excluding carboxylic acids is 1. The number of amides is 1. The molecule has 0 saturated carbocycles. The molecule has 0 aliphatic carbocycles. The summed E-state index contributed by atoms with van der Waals surface area (Å²) in [5.74, 6) is 3.09. The number of nitrogens with one attached hydrogen (secondary N) is 1. The van der Waals surface area contributed by atoms with Gasteiger partial charge in [-0.1, -0.05) is 35.9 Å². The zero-order valence-electron chi connectivity index (χ0n) is 19.4. The average Bonchev–Trinajstić information content (AvgIpc) is 3.29. The number of rotatable bonds is 9. The van der Waals surface area contributed by atoms with E-state index in [2.05, 4.69) is 10.3 Å². The molecule has 1 heterocycles. The molecule has 1 N–H and O–H groups in total. The normalized spacial score (nSPS) is 11.5. The van der Waals surface area contributed by atoms with Crippen molar-refractivity contribution in [1.29, 1.82) is 0 Å². The van der Waals surface area contributed by atoms with Crippen LogP contribution < -0.4 is 19.5 Å². The molecule has 4 aromatic rings. The lowest BCUT2D eigenvalue weighted by Crippen LogP contribution is -2.34. The Bertz CT molecular complexity index is 1230. The van der Waals surface area contributed by atoms with Gasteiger partial charge >= 0.3 is 0 Å². The minimum Gasteiger partial charge on any atom is -0.496 e. The van der Waals surface area contributed by atoms with Gasteiger partial charge in [0.1, 0.15) is 34.9 Å². The minimum atomic E-state index is -0.488. The van der Waals surface area contributed by atoms with Crippen LogP contribution in [0, 0.1) is 6.92 Å². The Hall–Kier alpha value is -4.26. The van der Waals surface area contributed by atoms with E-state index >= 15 is 0 Å². The molecule has 1 aromatic heterocycles. The maximum atomic E-state index is 12.8. The Balaban J connectivity index is 1.40. The topological polar surface area (TPSA) is 74.6 Å². The molecular formula is C27H27N3O4. The first-order valence-corrected chi connectivity index (χ1v) is 10.9. The summed E-state index contributed by atoms with van der Waals surface area (Å²) in [6, 6.07) is 22.0. The Labute approximate surface area is 198 Å². The van der Waals surface area contributed by atoms with Crippen LogP contribution in [-0.4, -0.2) is 29.2 Å². The number of benzene rings is 3. The van der Waals surface area contributed by atoms with E-state index in [0.29, 0.717) is 23.1 Å². The highest BCUT2D eigenvalue weighted by Crippen LogP contribution is 2.29. The van der Waals surface area contributed by atoms with Crippen LogP contribution in [0.2, 0.25) is 0 Å². The van der Waals surface area contributed by atoms with Gasteiger partial charge in [0.2, 0.25) is 0 Å². The van der Waals surface area contributed by atoms with Crippen molar-refractivity contribution in [2.75, 3.05) is 13.7 Å². The molecule has 0 aliphatic heterocycles. The molecule has 7 heteroatoms. The molecule has 1 unspecified atom stereocenters. The van der Waals surface area contributed by atoms with E-state index in [1.54, 1.807) is 37.6 Å². The van der Waals surface area contributed by atoms with Gasteiger partial charge in [-0.05, 0) is 49.4 Å². The molecule has 0 spiro atoms. The van der Waals surface area contributed by atoms with E-state index in [4.69, 9.17) is 14.2 Å². The standard InChI is InChI=1S/C27H27N3O4/c1-19-8-10-21(11-9-19)34-22-14-12-20(13-15-22)33-18-25(31)29-26(27-28-16-17-30(27)2)23-6-4-5-7-24(23)32-3/h4-17,26H,18H2,1-3H3,(H,29,31). The summed E-state index contributed by atoms with van der Waals surface area (Å²) in [4.78, 5) is 17.2. The fraction of sp³-hybridized carbons (Fsp3) is 0.185. The van der Waals surface area contributed by atoms with Crippen molar-refractivity contribution in [1.82, 2.24) is 14.9 Å². The highest BCUT2D eigenvalue weighted by atomic mass is 16.5. The summed E-state index contributed by atoms with van der Waals surface area (Å²) in [5, 5.41) is 3.02. The van der Waals surface area contributed by atoms with Crippen molar-refractivity contribution in [2.45, 2.75) is 13.0 Å². The lowest BCUT2D eigenvalue weighted by molar-refractivity contribution is -0.123. The molecule has 4 rings (SSSR count). The highest BCUT2D eigenvalue weighted by molar-refractivity contribution is 5.78. The SMILES string of the molecule is COc1ccccc1C(NC(=O)COc1ccc(Oc2ccc(C)cc2)cc1)c1nccn1C. The Morgan fingerprint density at radius 2 is 1.62 bits per heavy atom. The maximum Gasteiger partial charge on any atom is 0.258 e. The second-order valence-electron chi connectivity index (χ2n) is 7.81. The molecule has 174 valence electrons. The van der Waals surface area contributed by atoms with Crippen molar-refractivity contribution in [2.24, 2.45) is 7.05 Å². The quantitative estimate of drug-likeness (QED) is 0.390. The van der Waals surface area contributed by atoms with Crippen LogP contribution in [0.15, 0.2) is 85.2 Å². The summed E-state index contributed by atoms with van der Waals surface area (Å²) in [5.41, 5.74) is 1.98. The number of carbonyl (C=O) groups is 1. The van der Waals surface area contributed by atoms with Crippen molar-refractivity contribution >= 4 is 5.91 Å². The molecular weight excluding hydrogens is 430 g/mol. The molecule has 0 radical (unpaired) electrons. The number of para-hydroxylation sites is 1. The summed E-state index contributed by atoms with van der Waals surface area (Å²) < 4.78 is 18.9. The van der Waals surface area contributed by atoms with Gasteiger partial charge in [0, 0.05) is 25.0 Å². The molecule has 1 atom stereocenters. The van der Waals surface area contributed by atoms with E-state index in [0.717, 1.165) is 11.3 Å². The number of methoxy groups -OCH3 is 1. The third-order valence-electron chi connectivity index (χ3n) is 5.32. The van der Waals surface area contributed by atoms with Crippen LogP contribution in [0.25, 0.3) is 0 Å². The van der Waals surface area contributed by atoms with Crippen molar-refractivity contribution in [3.63, 3.8) is 0 Å².